The van der Waals surface area contributed by atoms with E-state index in [1.165, 1.54) is 6.20 Å². The Bertz CT molecular complexity index is 679. The van der Waals surface area contributed by atoms with Crippen molar-refractivity contribution < 1.29 is 4.79 Å². The lowest BCUT2D eigenvalue weighted by Crippen LogP contribution is -2.26. The van der Waals surface area contributed by atoms with E-state index >= 15 is 0 Å². The number of hydrogen-bond acceptors (Lipinski definition) is 3. The number of nitrogens with zero attached hydrogens (tertiary/aromatic N) is 3. The molecular formula is C15H12ClN3O. The van der Waals surface area contributed by atoms with Crippen LogP contribution in [0.1, 0.15) is 21.5 Å². The zero-order valence-corrected chi connectivity index (χ0v) is 11.6. The first-order valence-corrected chi connectivity index (χ1v) is 6.34. The quantitative estimate of drug-likeness (QED) is 0.815. The molecule has 20 heavy (non-hydrogen) atoms. The summed E-state index contributed by atoms with van der Waals surface area (Å²) in [4.78, 5) is 17.7. The molecule has 1 amide bonds. The molecule has 100 valence electrons. The Morgan fingerprint density at radius 2 is 2.20 bits per heavy atom. The second-order valence-corrected chi connectivity index (χ2v) is 4.67. The van der Waals surface area contributed by atoms with Crippen molar-refractivity contribution in [1.29, 1.82) is 5.26 Å². The number of rotatable bonds is 3. The third-order valence-electron chi connectivity index (χ3n) is 2.81. The van der Waals surface area contributed by atoms with Crippen molar-refractivity contribution in [1.82, 2.24) is 9.88 Å². The molecule has 2 rings (SSSR count). The second-order valence-electron chi connectivity index (χ2n) is 4.32. The SMILES string of the molecule is CN(Cc1cccc(C#N)c1)C(=O)c1cccnc1Cl. The zero-order chi connectivity index (χ0) is 14.5. The number of amides is 1. The van der Waals surface area contributed by atoms with Crippen LogP contribution in [0.15, 0.2) is 42.6 Å². The summed E-state index contributed by atoms with van der Waals surface area (Å²) in [5, 5.41) is 9.05. The summed E-state index contributed by atoms with van der Waals surface area (Å²) in [6, 6.07) is 12.5. The van der Waals surface area contributed by atoms with Crippen LogP contribution in [0.4, 0.5) is 0 Å². The number of halogens is 1. The van der Waals surface area contributed by atoms with Gasteiger partial charge in [-0.3, -0.25) is 4.79 Å². The molecule has 0 N–H and O–H groups in total. The van der Waals surface area contributed by atoms with Crippen molar-refractivity contribution in [2.45, 2.75) is 6.54 Å². The number of carbonyl (C=O) groups is 1. The van der Waals surface area contributed by atoms with Gasteiger partial charge in [0.1, 0.15) is 5.15 Å². The fourth-order valence-electron chi connectivity index (χ4n) is 1.84. The van der Waals surface area contributed by atoms with E-state index in [9.17, 15) is 4.79 Å². The summed E-state index contributed by atoms with van der Waals surface area (Å²) in [5.41, 5.74) is 1.83. The molecule has 4 nitrogen and oxygen atoms in total. The van der Waals surface area contributed by atoms with Gasteiger partial charge in [0.25, 0.3) is 5.91 Å². The third kappa shape index (κ3) is 3.14. The van der Waals surface area contributed by atoms with Crippen molar-refractivity contribution in [2.75, 3.05) is 7.05 Å². The molecule has 2 aromatic rings. The molecule has 0 aliphatic carbocycles. The van der Waals surface area contributed by atoms with Crippen LogP contribution < -0.4 is 0 Å². The highest BCUT2D eigenvalue weighted by molar-refractivity contribution is 6.32. The molecule has 0 fully saturated rings. The molecule has 0 saturated heterocycles. The standard InChI is InChI=1S/C15H12ClN3O/c1-19(10-12-5-2-4-11(8-12)9-17)15(20)13-6-3-7-18-14(13)16/h2-8H,10H2,1H3. The summed E-state index contributed by atoms with van der Waals surface area (Å²) >= 11 is 5.91. The first-order valence-electron chi connectivity index (χ1n) is 5.97. The van der Waals surface area contributed by atoms with E-state index < -0.39 is 0 Å². The lowest BCUT2D eigenvalue weighted by Gasteiger charge is -2.17. The minimum Gasteiger partial charge on any atom is -0.337 e. The van der Waals surface area contributed by atoms with Crippen molar-refractivity contribution in [2.24, 2.45) is 0 Å². The van der Waals surface area contributed by atoms with Gasteiger partial charge in [-0.05, 0) is 29.8 Å². The number of pyridine rings is 1. The van der Waals surface area contributed by atoms with Gasteiger partial charge < -0.3 is 4.90 Å². The van der Waals surface area contributed by atoms with Crippen LogP contribution >= 0.6 is 11.6 Å². The van der Waals surface area contributed by atoms with E-state index in [2.05, 4.69) is 11.1 Å². The number of hydrogen-bond donors (Lipinski definition) is 0. The van der Waals surface area contributed by atoms with Gasteiger partial charge in [0.05, 0.1) is 17.2 Å². The largest absolute Gasteiger partial charge is 0.337 e. The van der Waals surface area contributed by atoms with Crippen molar-refractivity contribution in [3.8, 4) is 6.07 Å². The van der Waals surface area contributed by atoms with Crippen LogP contribution in [0.3, 0.4) is 0 Å². The normalized spacial score (nSPS) is 9.85. The van der Waals surface area contributed by atoms with Crippen molar-refractivity contribution in [3.63, 3.8) is 0 Å². The Morgan fingerprint density at radius 1 is 1.40 bits per heavy atom. The van der Waals surface area contributed by atoms with Gasteiger partial charge in [0.15, 0.2) is 0 Å². The molecule has 1 aromatic heterocycles. The molecule has 0 aliphatic rings. The topological polar surface area (TPSA) is 57.0 Å². The van der Waals surface area contributed by atoms with Crippen molar-refractivity contribution >= 4 is 17.5 Å². The molecule has 0 atom stereocenters. The summed E-state index contributed by atoms with van der Waals surface area (Å²) in [6.45, 7) is 0.402. The Morgan fingerprint density at radius 3 is 2.90 bits per heavy atom. The van der Waals surface area contributed by atoms with E-state index in [0.29, 0.717) is 17.7 Å². The predicted octanol–water partition coefficient (Wildman–Crippen LogP) is 2.88. The van der Waals surface area contributed by atoms with Gasteiger partial charge >= 0.3 is 0 Å². The molecule has 0 saturated carbocycles. The zero-order valence-electron chi connectivity index (χ0n) is 10.9. The number of nitriles is 1. The smallest absolute Gasteiger partial charge is 0.257 e. The van der Waals surface area contributed by atoms with Crippen LogP contribution in [-0.4, -0.2) is 22.8 Å². The van der Waals surface area contributed by atoms with E-state index in [0.717, 1.165) is 5.56 Å². The van der Waals surface area contributed by atoms with Gasteiger partial charge in [-0.1, -0.05) is 23.7 Å². The predicted molar refractivity (Wildman–Crippen MR) is 76.2 cm³/mol. The third-order valence-corrected chi connectivity index (χ3v) is 3.11. The van der Waals surface area contributed by atoms with Crippen LogP contribution in [0, 0.1) is 11.3 Å². The molecule has 0 aliphatic heterocycles. The molecule has 1 heterocycles. The van der Waals surface area contributed by atoms with Crippen LogP contribution in [-0.2, 0) is 6.54 Å². The summed E-state index contributed by atoms with van der Waals surface area (Å²) in [5.74, 6) is -0.203. The summed E-state index contributed by atoms with van der Waals surface area (Å²) in [7, 11) is 1.69. The molecule has 0 unspecified atom stereocenters. The highest BCUT2D eigenvalue weighted by atomic mass is 35.5. The van der Waals surface area contributed by atoms with Gasteiger partial charge in [-0.2, -0.15) is 5.26 Å². The minimum atomic E-state index is -0.203. The first kappa shape index (κ1) is 14.0. The monoisotopic (exact) mass is 285 g/mol. The molecule has 1 aromatic carbocycles. The summed E-state index contributed by atoms with van der Waals surface area (Å²) < 4.78 is 0. The Hall–Kier alpha value is -2.38. The Labute approximate surface area is 122 Å². The molecule has 0 radical (unpaired) electrons. The lowest BCUT2D eigenvalue weighted by molar-refractivity contribution is 0.0785. The lowest BCUT2D eigenvalue weighted by atomic mass is 10.1. The average Bonchev–Trinajstić information content (AvgIpc) is 2.47. The Balaban J connectivity index is 2.16. The number of benzene rings is 1. The van der Waals surface area contributed by atoms with Crippen LogP contribution in [0.5, 0.6) is 0 Å². The fraction of sp³-hybridized carbons (Fsp3) is 0.133. The van der Waals surface area contributed by atoms with Crippen LogP contribution in [0.2, 0.25) is 5.15 Å². The maximum atomic E-state index is 12.3. The second kappa shape index (κ2) is 6.18. The summed E-state index contributed by atoms with van der Waals surface area (Å²) in [6.07, 6.45) is 1.54. The molecule has 0 bridgehead atoms. The van der Waals surface area contributed by atoms with Crippen LogP contribution in [0.25, 0.3) is 0 Å². The van der Waals surface area contributed by atoms with Gasteiger partial charge in [0, 0.05) is 19.8 Å². The van der Waals surface area contributed by atoms with Gasteiger partial charge in [0.2, 0.25) is 0 Å². The molecular weight excluding hydrogens is 274 g/mol. The highest BCUT2D eigenvalue weighted by Crippen LogP contribution is 2.15. The average molecular weight is 286 g/mol. The number of carbonyl (C=O) groups excluding carboxylic acids is 1. The van der Waals surface area contributed by atoms with Gasteiger partial charge in [-0.15, -0.1) is 0 Å². The fourth-order valence-corrected chi connectivity index (χ4v) is 2.04. The highest BCUT2D eigenvalue weighted by Gasteiger charge is 2.15. The molecule has 0 spiro atoms. The Kier molecular flexibility index (Phi) is 4.34. The first-order chi connectivity index (χ1) is 9.61. The minimum absolute atomic E-state index is 0.190. The van der Waals surface area contributed by atoms with E-state index in [1.807, 2.05) is 6.07 Å². The maximum absolute atomic E-state index is 12.3. The van der Waals surface area contributed by atoms with Gasteiger partial charge in [-0.25, -0.2) is 4.98 Å². The van der Waals surface area contributed by atoms with Crippen molar-refractivity contribution in [3.05, 3.63) is 64.4 Å². The van der Waals surface area contributed by atoms with E-state index in [-0.39, 0.29) is 11.1 Å². The maximum Gasteiger partial charge on any atom is 0.257 e. The van der Waals surface area contributed by atoms with E-state index in [1.54, 1.807) is 42.3 Å². The van der Waals surface area contributed by atoms with E-state index in [4.69, 9.17) is 16.9 Å². The molecule has 5 heteroatoms. The number of aromatic nitrogens is 1.